The number of hydrogen-bond acceptors (Lipinski definition) is 3. The second kappa shape index (κ2) is 5.34. The topological polar surface area (TPSA) is 59.4 Å². The molecule has 0 saturated carbocycles. The van der Waals surface area contributed by atoms with E-state index in [0.717, 1.165) is 14.9 Å². The highest BCUT2D eigenvalue weighted by molar-refractivity contribution is 14.1. The Balaban J connectivity index is 2.55. The van der Waals surface area contributed by atoms with Crippen molar-refractivity contribution in [1.82, 2.24) is 4.98 Å². The summed E-state index contributed by atoms with van der Waals surface area (Å²) in [4.78, 5) is 15.0. The number of carbonyl (C=O) groups is 1. The van der Waals surface area contributed by atoms with Gasteiger partial charge >= 0.3 is 5.97 Å². The van der Waals surface area contributed by atoms with Gasteiger partial charge in [0, 0.05) is 11.8 Å². The molecule has 0 bridgehead atoms. The predicted molar refractivity (Wildman–Crippen MR) is 75.9 cm³/mol. The van der Waals surface area contributed by atoms with Gasteiger partial charge < -0.3 is 9.84 Å². The first-order chi connectivity index (χ1) is 8.63. The first kappa shape index (κ1) is 12.8. The van der Waals surface area contributed by atoms with Crippen molar-refractivity contribution in [2.45, 2.75) is 0 Å². The van der Waals surface area contributed by atoms with Crippen LogP contribution >= 0.6 is 22.6 Å². The highest BCUT2D eigenvalue weighted by Crippen LogP contribution is 2.29. The summed E-state index contributed by atoms with van der Waals surface area (Å²) in [5.74, 6) is -0.267. The van der Waals surface area contributed by atoms with Crippen LogP contribution in [0.4, 0.5) is 0 Å². The maximum Gasteiger partial charge on any atom is 0.355 e. The van der Waals surface area contributed by atoms with Crippen LogP contribution in [-0.2, 0) is 0 Å². The van der Waals surface area contributed by atoms with Crippen LogP contribution in [0.3, 0.4) is 0 Å². The van der Waals surface area contributed by atoms with Gasteiger partial charge in [-0.15, -0.1) is 0 Å². The summed E-state index contributed by atoms with van der Waals surface area (Å²) in [5, 5.41) is 9.11. The van der Waals surface area contributed by atoms with Gasteiger partial charge in [0.2, 0.25) is 0 Å². The molecular weight excluding hydrogens is 345 g/mol. The van der Waals surface area contributed by atoms with Gasteiger partial charge in [-0.3, -0.25) is 0 Å². The van der Waals surface area contributed by atoms with Crippen LogP contribution in [-0.4, -0.2) is 23.2 Å². The van der Waals surface area contributed by atoms with Crippen LogP contribution in [0.2, 0.25) is 0 Å². The van der Waals surface area contributed by atoms with Gasteiger partial charge in [0.25, 0.3) is 0 Å². The zero-order valence-corrected chi connectivity index (χ0v) is 11.7. The molecule has 1 aromatic heterocycles. The molecule has 4 nitrogen and oxygen atoms in total. The number of benzene rings is 1. The molecule has 0 unspecified atom stereocenters. The lowest BCUT2D eigenvalue weighted by Crippen LogP contribution is -2.02. The Kier molecular flexibility index (Phi) is 3.81. The van der Waals surface area contributed by atoms with E-state index in [4.69, 9.17) is 9.84 Å². The minimum atomic E-state index is -1.03. The Hall–Kier alpha value is -1.63. The average Bonchev–Trinajstić information content (AvgIpc) is 2.38. The monoisotopic (exact) mass is 355 g/mol. The van der Waals surface area contributed by atoms with Crippen LogP contribution < -0.4 is 4.74 Å². The van der Waals surface area contributed by atoms with E-state index in [1.807, 2.05) is 18.2 Å². The van der Waals surface area contributed by atoms with E-state index in [-0.39, 0.29) is 5.69 Å². The summed E-state index contributed by atoms with van der Waals surface area (Å²) in [6.07, 6.45) is 1.47. The second-order valence-electron chi connectivity index (χ2n) is 3.55. The maximum atomic E-state index is 11.1. The Morgan fingerprint density at radius 3 is 2.78 bits per heavy atom. The van der Waals surface area contributed by atoms with Crippen LogP contribution in [0.5, 0.6) is 5.75 Å². The van der Waals surface area contributed by atoms with E-state index in [2.05, 4.69) is 27.6 Å². The molecule has 0 amide bonds. The molecule has 2 aromatic rings. The van der Waals surface area contributed by atoms with Gasteiger partial charge in [-0.1, -0.05) is 12.1 Å². The highest BCUT2D eigenvalue weighted by atomic mass is 127. The van der Waals surface area contributed by atoms with Crippen molar-refractivity contribution in [3.05, 3.63) is 45.8 Å². The number of ether oxygens (including phenoxy) is 1. The molecule has 1 heterocycles. The quantitative estimate of drug-likeness (QED) is 0.860. The van der Waals surface area contributed by atoms with Gasteiger partial charge in [-0.25, -0.2) is 9.78 Å². The van der Waals surface area contributed by atoms with Gasteiger partial charge in [-0.2, -0.15) is 0 Å². The van der Waals surface area contributed by atoms with Gasteiger partial charge in [0.15, 0.2) is 5.69 Å². The molecule has 1 N–H and O–H groups in total. The zero-order valence-electron chi connectivity index (χ0n) is 9.55. The van der Waals surface area contributed by atoms with E-state index >= 15 is 0 Å². The van der Waals surface area contributed by atoms with E-state index in [1.165, 1.54) is 6.20 Å². The largest absolute Gasteiger partial charge is 0.496 e. The standard InChI is InChI=1S/C13H10INO3/c1-18-11-5-4-8(7-10(11)14)9-3-2-6-15-12(9)13(16)17/h2-7H,1H3,(H,16,17). The molecule has 1 aromatic carbocycles. The third-order valence-electron chi connectivity index (χ3n) is 2.47. The summed E-state index contributed by atoms with van der Waals surface area (Å²) < 4.78 is 6.10. The SMILES string of the molecule is COc1ccc(-c2cccnc2C(=O)O)cc1I. The number of hydrogen-bond donors (Lipinski definition) is 1. The number of aromatic nitrogens is 1. The summed E-state index contributed by atoms with van der Waals surface area (Å²) >= 11 is 2.15. The summed E-state index contributed by atoms with van der Waals surface area (Å²) in [6.45, 7) is 0. The Morgan fingerprint density at radius 1 is 1.39 bits per heavy atom. The minimum absolute atomic E-state index is 0.0541. The molecule has 0 fully saturated rings. The molecule has 0 aliphatic carbocycles. The number of carboxylic acid groups (broad SMARTS) is 1. The Morgan fingerprint density at radius 2 is 2.17 bits per heavy atom. The third kappa shape index (κ3) is 2.45. The molecule has 0 saturated heterocycles. The number of aromatic carboxylic acids is 1. The fourth-order valence-corrected chi connectivity index (χ4v) is 2.38. The molecular formula is C13H10INO3. The number of nitrogens with zero attached hydrogens (tertiary/aromatic N) is 1. The second-order valence-corrected chi connectivity index (χ2v) is 4.72. The number of methoxy groups -OCH3 is 1. The highest BCUT2D eigenvalue weighted by Gasteiger charge is 2.13. The summed E-state index contributed by atoms with van der Waals surface area (Å²) in [5.41, 5.74) is 1.47. The van der Waals surface area contributed by atoms with Gasteiger partial charge in [0.05, 0.1) is 10.7 Å². The van der Waals surface area contributed by atoms with Crippen molar-refractivity contribution in [1.29, 1.82) is 0 Å². The molecule has 0 atom stereocenters. The first-order valence-corrected chi connectivity index (χ1v) is 6.23. The van der Waals surface area contributed by atoms with Crippen molar-refractivity contribution in [3.8, 4) is 16.9 Å². The minimum Gasteiger partial charge on any atom is -0.496 e. The molecule has 0 aliphatic rings. The molecule has 0 radical (unpaired) electrons. The molecule has 5 heteroatoms. The Bertz CT molecular complexity index is 599. The predicted octanol–water partition coefficient (Wildman–Crippen LogP) is 3.06. The van der Waals surface area contributed by atoms with Crippen molar-refractivity contribution in [2.75, 3.05) is 7.11 Å². The third-order valence-corrected chi connectivity index (χ3v) is 3.32. The van der Waals surface area contributed by atoms with E-state index in [0.29, 0.717) is 5.56 Å². The van der Waals surface area contributed by atoms with Gasteiger partial charge in [-0.05, 0) is 46.4 Å². The fraction of sp³-hybridized carbons (Fsp3) is 0.0769. The van der Waals surface area contributed by atoms with E-state index < -0.39 is 5.97 Å². The zero-order chi connectivity index (χ0) is 13.1. The van der Waals surface area contributed by atoms with Crippen LogP contribution in [0.25, 0.3) is 11.1 Å². The molecule has 18 heavy (non-hydrogen) atoms. The fourth-order valence-electron chi connectivity index (χ4n) is 1.64. The normalized spacial score (nSPS) is 10.1. The van der Waals surface area contributed by atoms with E-state index in [1.54, 1.807) is 19.2 Å². The average molecular weight is 355 g/mol. The van der Waals surface area contributed by atoms with Crippen molar-refractivity contribution >= 4 is 28.6 Å². The number of rotatable bonds is 3. The number of pyridine rings is 1. The lowest BCUT2D eigenvalue weighted by molar-refractivity contribution is 0.0691. The molecule has 2 rings (SSSR count). The summed E-state index contributed by atoms with van der Waals surface area (Å²) in [7, 11) is 1.60. The smallest absolute Gasteiger partial charge is 0.355 e. The lowest BCUT2D eigenvalue weighted by Gasteiger charge is -2.08. The molecule has 0 aliphatic heterocycles. The Labute approximate surface area is 118 Å². The van der Waals surface area contributed by atoms with Crippen molar-refractivity contribution < 1.29 is 14.6 Å². The van der Waals surface area contributed by atoms with Gasteiger partial charge in [0.1, 0.15) is 5.75 Å². The lowest BCUT2D eigenvalue weighted by atomic mass is 10.0. The summed E-state index contributed by atoms with van der Waals surface area (Å²) in [6, 6.07) is 8.98. The van der Waals surface area contributed by atoms with Crippen LogP contribution in [0, 0.1) is 3.57 Å². The van der Waals surface area contributed by atoms with Crippen molar-refractivity contribution in [3.63, 3.8) is 0 Å². The number of halogens is 1. The van der Waals surface area contributed by atoms with Crippen LogP contribution in [0.15, 0.2) is 36.5 Å². The van der Waals surface area contributed by atoms with E-state index in [9.17, 15) is 4.79 Å². The van der Waals surface area contributed by atoms with Crippen molar-refractivity contribution in [2.24, 2.45) is 0 Å². The maximum absolute atomic E-state index is 11.1. The van der Waals surface area contributed by atoms with Crippen LogP contribution in [0.1, 0.15) is 10.5 Å². The molecule has 92 valence electrons. The molecule has 0 spiro atoms. The number of carboxylic acids is 1. The first-order valence-electron chi connectivity index (χ1n) is 5.15.